The van der Waals surface area contributed by atoms with Crippen molar-refractivity contribution in [2.75, 3.05) is 5.32 Å². The molecule has 0 aliphatic carbocycles. The fourth-order valence-electron chi connectivity index (χ4n) is 2.16. The maximum Gasteiger partial charge on any atom is 0.314 e. The van der Waals surface area contributed by atoms with E-state index in [1.165, 1.54) is 6.07 Å². The van der Waals surface area contributed by atoms with Crippen molar-refractivity contribution in [2.45, 2.75) is 9.79 Å². The van der Waals surface area contributed by atoms with Gasteiger partial charge in [0.2, 0.25) is 12.3 Å². The summed E-state index contributed by atoms with van der Waals surface area (Å²) < 4.78 is 77.0. The molecule has 0 aliphatic rings. The summed E-state index contributed by atoms with van der Waals surface area (Å²) in [7, 11) is -9.19. The number of hydrogen-bond donors (Lipinski definition) is 3. The number of nitrogens with zero attached hydrogens (tertiary/aromatic N) is 3. The van der Waals surface area contributed by atoms with Crippen molar-refractivity contribution in [3.8, 4) is 0 Å². The molecule has 0 bridgehead atoms. The Labute approximate surface area is 146 Å². The van der Waals surface area contributed by atoms with E-state index in [1.54, 1.807) is 0 Å². The van der Waals surface area contributed by atoms with Gasteiger partial charge in [-0.2, -0.15) is 36.2 Å². The summed E-state index contributed by atoms with van der Waals surface area (Å²) in [6.45, 7) is 0. The first-order valence-corrected chi connectivity index (χ1v) is 9.49. The largest absolute Gasteiger partial charge is 0.323 e. The van der Waals surface area contributed by atoms with Gasteiger partial charge in [-0.1, -0.05) is 6.07 Å². The molecule has 0 spiro atoms. The number of aromatic nitrogens is 3. The van der Waals surface area contributed by atoms with Gasteiger partial charge in [-0.15, -0.1) is 0 Å². The highest BCUT2D eigenvalue weighted by Crippen LogP contribution is 2.31. The SMILES string of the molecule is O=S(=O)(O)c1ccc2c(Nc3n[c]nc(F)n3)cc(S(=O)(=O)O)cc2c1. The molecular formula is C13H8FN4O6S2. The van der Waals surface area contributed by atoms with Crippen molar-refractivity contribution in [1.82, 2.24) is 15.0 Å². The predicted octanol–water partition coefficient (Wildman–Crippen LogP) is 1.20. The molecule has 0 fully saturated rings. The summed E-state index contributed by atoms with van der Waals surface area (Å²) in [6, 6.07) is 5.38. The lowest BCUT2D eigenvalue weighted by atomic mass is 10.1. The quantitative estimate of drug-likeness (QED) is 0.544. The van der Waals surface area contributed by atoms with Crippen molar-refractivity contribution < 1.29 is 30.3 Å². The van der Waals surface area contributed by atoms with E-state index < -0.39 is 36.1 Å². The normalized spacial score (nSPS) is 12.3. The number of nitrogens with one attached hydrogen (secondary N) is 1. The predicted molar refractivity (Wildman–Crippen MR) is 85.5 cm³/mol. The van der Waals surface area contributed by atoms with Crippen molar-refractivity contribution in [1.29, 1.82) is 0 Å². The minimum atomic E-state index is -4.65. The summed E-state index contributed by atoms with van der Waals surface area (Å²) in [5.74, 6) is -0.301. The van der Waals surface area contributed by atoms with Crippen LogP contribution < -0.4 is 5.32 Å². The van der Waals surface area contributed by atoms with Gasteiger partial charge in [0.25, 0.3) is 20.2 Å². The van der Waals surface area contributed by atoms with E-state index >= 15 is 0 Å². The van der Waals surface area contributed by atoms with Crippen LogP contribution in [0.15, 0.2) is 40.1 Å². The van der Waals surface area contributed by atoms with Crippen LogP contribution in [-0.2, 0) is 20.2 Å². The first kappa shape index (κ1) is 18.1. The van der Waals surface area contributed by atoms with E-state index in [1.807, 2.05) is 6.33 Å². The van der Waals surface area contributed by atoms with Gasteiger partial charge in [-0.3, -0.25) is 9.11 Å². The highest BCUT2D eigenvalue weighted by Gasteiger charge is 2.17. The molecule has 13 heteroatoms. The van der Waals surface area contributed by atoms with Gasteiger partial charge in [0.05, 0.1) is 15.5 Å². The second-order valence-electron chi connectivity index (χ2n) is 4.96. The van der Waals surface area contributed by atoms with Gasteiger partial charge < -0.3 is 5.32 Å². The summed E-state index contributed by atoms with van der Waals surface area (Å²) in [4.78, 5) is 8.89. The maximum absolute atomic E-state index is 13.1. The molecule has 0 saturated carbocycles. The van der Waals surface area contributed by atoms with Crippen LogP contribution in [0.25, 0.3) is 10.8 Å². The van der Waals surface area contributed by atoms with Crippen LogP contribution in [-0.4, -0.2) is 40.9 Å². The smallest absolute Gasteiger partial charge is 0.314 e. The Morgan fingerprint density at radius 1 is 0.962 bits per heavy atom. The van der Waals surface area contributed by atoms with Crippen LogP contribution >= 0.6 is 0 Å². The third-order valence-corrected chi connectivity index (χ3v) is 4.92. The minimum absolute atomic E-state index is 0.0241. The Hall–Kier alpha value is -2.74. The molecule has 0 unspecified atom stereocenters. The Kier molecular flexibility index (Phi) is 4.31. The first-order chi connectivity index (χ1) is 12.0. The van der Waals surface area contributed by atoms with E-state index in [9.17, 15) is 25.8 Å². The van der Waals surface area contributed by atoms with Crippen LogP contribution in [0.3, 0.4) is 0 Å². The van der Waals surface area contributed by atoms with E-state index in [0.717, 1.165) is 24.3 Å². The topological polar surface area (TPSA) is 159 Å². The summed E-state index contributed by atoms with van der Waals surface area (Å²) in [6.07, 6.45) is 0.858. The Morgan fingerprint density at radius 3 is 2.23 bits per heavy atom. The fourth-order valence-corrected chi connectivity index (χ4v) is 3.22. The molecule has 0 atom stereocenters. The Morgan fingerprint density at radius 2 is 1.62 bits per heavy atom. The van der Waals surface area contributed by atoms with Crippen molar-refractivity contribution >= 4 is 42.6 Å². The monoisotopic (exact) mass is 399 g/mol. The molecular weight excluding hydrogens is 391 g/mol. The standard InChI is InChI=1S/C13H8FN4O6S2/c14-12-15-6-16-13(18-12)17-11-5-9(26(22,23)24)4-7-3-8(25(19,20)21)1-2-10(7)11/h1-5H,(H,19,20,21)(H,22,23,24)(H,15,16,17,18). The fraction of sp³-hybridized carbons (Fsp3) is 0. The number of hydrogen-bond acceptors (Lipinski definition) is 8. The number of rotatable bonds is 4. The summed E-state index contributed by atoms with van der Waals surface area (Å²) >= 11 is 0. The van der Waals surface area contributed by atoms with E-state index in [0.29, 0.717) is 0 Å². The molecule has 2 aromatic carbocycles. The molecule has 0 saturated heterocycles. The van der Waals surface area contributed by atoms with Gasteiger partial charge in [0.1, 0.15) is 0 Å². The Bertz CT molecular complexity index is 1230. The second kappa shape index (κ2) is 6.21. The summed E-state index contributed by atoms with van der Waals surface area (Å²) in [5, 5.41) is 2.87. The van der Waals surface area contributed by atoms with Crippen LogP contribution in [0.2, 0.25) is 0 Å². The van der Waals surface area contributed by atoms with Crippen LogP contribution in [0.1, 0.15) is 0 Å². The third-order valence-electron chi connectivity index (χ3n) is 3.24. The lowest BCUT2D eigenvalue weighted by Crippen LogP contribution is -2.04. The molecule has 26 heavy (non-hydrogen) atoms. The van der Waals surface area contributed by atoms with Gasteiger partial charge >= 0.3 is 6.08 Å². The van der Waals surface area contributed by atoms with Gasteiger partial charge in [-0.25, -0.2) is 0 Å². The van der Waals surface area contributed by atoms with Crippen LogP contribution in [0.5, 0.6) is 0 Å². The van der Waals surface area contributed by atoms with Gasteiger partial charge in [0.15, 0.2) is 0 Å². The number of anilines is 2. The molecule has 135 valence electrons. The van der Waals surface area contributed by atoms with Crippen molar-refractivity contribution in [2.24, 2.45) is 0 Å². The second-order valence-corrected chi connectivity index (χ2v) is 7.80. The molecule has 1 aromatic heterocycles. The molecule has 1 heterocycles. The third kappa shape index (κ3) is 3.75. The number of halogens is 1. The first-order valence-electron chi connectivity index (χ1n) is 6.61. The van der Waals surface area contributed by atoms with E-state index in [4.69, 9.17) is 4.55 Å². The molecule has 3 rings (SSSR count). The molecule has 10 nitrogen and oxygen atoms in total. The van der Waals surface area contributed by atoms with Crippen molar-refractivity contribution in [3.05, 3.63) is 42.7 Å². The van der Waals surface area contributed by atoms with Crippen molar-refractivity contribution in [3.63, 3.8) is 0 Å². The average Bonchev–Trinajstić information content (AvgIpc) is 2.52. The van der Waals surface area contributed by atoms with E-state index in [2.05, 4.69) is 20.3 Å². The average molecular weight is 399 g/mol. The zero-order chi connectivity index (χ0) is 19.1. The van der Waals surface area contributed by atoms with Crippen LogP contribution in [0, 0.1) is 12.4 Å². The zero-order valence-electron chi connectivity index (χ0n) is 12.5. The van der Waals surface area contributed by atoms with E-state index in [-0.39, 0.29) is 22.4 Å². The Balaban J connectivity index is 2.26. The number of benzene rings is 2. The maximum atomic E-state index is 13.1. The zero-order valence-corrected chi connectivity index (χ0v) is 14.1. The molecule has 3 N–H and O–H groups in total. The molecule has 3 aromatic rings. The summed E-state index contributed by atoms with van der Waals surface area (Å²) in [5.41, 5.74) is 0.0241. The lowest BCUT2D eigenvalue weighted by Gasteiger charge is -2.11. The lowest BCUT2D eigenvalue weighted by molar-refractivity contribution is 0.481. The van der Waals surface area contributed by atoms with Crippen LogP contribution in [0.4, 0.5) is 16.0 Å². The molecule has 0 amide bonds. The van der Waals surface area contributed by atoms with Gasteiger partial charge in [-0.05, 0) is 29.7 Å². The highest BCUT2D eigenvalue weighted by atomic mass is 32.2. The molecule has 0 aliphatic heterocycles. The minimum Gasteiger partial charge on any atom is -0.323 e. The number of fused-ring (bicyclic) bond motifs is 1. The highest BCUT2D eigenvalue weighted by molar-refractivity contribution is 7.86. The van der Waals surface area contributed by atoms with Gasteiger partial charge in [0, 0.05) is 5.39 Å². The molecule has 1 radical (unpaired) electrons.